The fraction of sp³-hybridized carbons (Fsp3) is 0.200. The molecule has 4 aromatic heterocycles. The molecular formula is C20H19N7O4. The number of anilines is 2. The highest BCUT2D eigenvalue weighted by molar-refractivity contribution is 5.93. The van der Waals surface area contributed by atoms with Gasteiger partial charge in [-0.15, -0.1) is 5.10 Å². The van der Waals surface area contributed by atoms with E-state index in [2.05, 4.69) is 30.1 Å². The molecule has 0 spiro atoms. The number of hydrogen-bond acceptors (Lipinski definition) is 9. The van der Waals surface area contributed by atoms with E-state index in [-0.39, 0.29) is 11.5 Å². The fourth-order valence-corrected chi connectivity index (χ4v) is 2.89. The number of carbonyl (C=O) groups excluding carboxylic acids is 1. The van der Waals surface area contributed by atoms with Crippen LogP contribution in [0.4, 0.5) is 11.6 Å². The number of hydrogen-bond donors (Lipinski definition) is 1. The van der Waals surface area contributed by atoms with Crippen molar-refractivity contribution >= 4 is 28.6 Å². The van der Waals surface area contributed by atoms with E-state index >= 15 is 0 Å². The van der Waals surface area contributed by atoms with Crippen molar-refractivity contribution in [3.63, 3.8) is 0 Å². The molecule has 0 radical (unpaired) electrons. The molecule has 1 N–H and O–H groups in total. The van der Waals surface area contributed by atoms with Crippen LogP contribution in [0.5, 0.6) is 11.8 Å². The van der Waals surface area contributed by atoms with Crippen molar-refractivity contribution in [2.45, 2.75) is 13.5 Å². The minimum Gasteiger partial charge on any atom is -0.465 e. The number of esters is 1. The average molecular weight is 421 g/mol. The quantitative estimate of drug-likeness (QED) is 0.466. The Morgan fingerprint density at radius 3 is 2.68 bits per heavy atom. The summed E-state index contributed by atoms with van der Waals surface area (Å²) in [4.78, 5) is 37.1. The summed E-state index contributed by atoms with van der Waals surface area (Å²) < 4.78 is 13.3. The summed E-state index contributed by atoms with van der Waals surface area (Å²) in [6, 6.07) is 6.62. The number of fused-ring (bicyclic) bond motifs is 1. The van der Waals surface area contributed by atoms with E-state index in [1.54, 1.807) is 29.1 Å². The highest BCUT2D eigenvalue weighted by Gasteiger charge is 2.16. The first kappa shape index (κ1) is 20.0. The Balaban J connectivity index is 1.54. The minimum atomic E-state index is -0.709. The molecule has 0 atom stereocenters. The summed E-state index contributed by atoms with van der Waals surface area (Å²) in [6.07, 6.45) is 4.91. The molecule has 0 bridgehead atoms. The molecule has 0 aliphatic rings. The number of methoxy groups -OCH3 is 1. The van der Waals surface area contributed by atoms with Gasteiger partial charge in [0.15, 0.2) is 0 Å². The monoisotopic (exact) mass is 421 g/mol. The first-order valence-electron chi connectivity index (χ1n) is 9.38. The van der Waals surface area contributed by atoms with Gasteiger partial charge in [-0.05, 0) is 19.1 Å². The van der Waals surface area contributed by atoms with Gasteiger partial charge >= 0.3 is 5.97 Å². The third-order valence-electron chi connectivity index (χ3n) is 4.50. The summed E-state index contributed by atoms with van der Waals surface area (Å²) in [5.41, 5.74) is 0.416. The van der Waals surface area contributed by atoms with Gasteiger partial charge in [0.2, 0.25) is 17.7 Å². The number of aryl methyl sites for hydroxylation is 2. The van der Waals surface area contributed by atoms with Gasteiger partial charge in [-0.3, -0.25) is 14.0 Å². The van der Waals surface area contributed by atoms with Crippen molar-refractivity contribution in [2.24, 2.45) is 7.05 Å². The minimum absolute atomic E-state index is 0.0784. The summed E-state index contributed by atoms with van der Waals surface area (Å²) in [5.74, 6) is 0.411. The zero-order valence-corrected chi connectivity index (χ0v) is 17.1. The van der Waals surface area contributed by atoms with Crippen LogP contribution in [0.3, 0.4) is 0 Å². The highest BCUT2D eigenvalue weighted by atomic mass is 16.5. The van der Waals surface area contributed by atoms with Crippen LogP contribution in [-0.4, -0.2) is 42.4 Å². The Labute approximate surface area is 176 Å². The second kappa shape index (κ2) is 8.22. The summed E-state index contributed by atoms with van der Waals surface area (Å²) in [6.45, 7) is 2.74. The Kier molecular flexibility index (Phi) is 5.31. The summed E-state index contributed by atoms with van der Waals surface area (Å²) >= 11 is 0. The topological polar surface area (TPSA) is 126 Å². The molecule has 0 fully saturated rings. The molecule has 31 heavy (non-hydrogen) atoms. The van der Waals surface area contributed by atoms with Gasteiger partial charge in [0.05, 0.1) is 19.0 Å². The van der Waals surface area contributed by atoms with Gasteiger partial charge in [0.25, 0.3) is 5.56 Å². The Morgan fingerprint density at radius 2 is 2.00 bits per heavy atom. The molecule has 4 heterocycles. The first-order valence-corrected chi connectivity index (χ1v) is 9.38. The number of nitrogens with zero attached hydrogens (tertiary/aromatic N) is 6. The molecule has 0 saturated carbocycles. The maximum atomic E-state index is 12.4. The van der Waals surface area contributed by atoms with Crippen LogP contribution in [0.2, 0.25) is 0 Å². The van der Waals surface area contributed by atoms with Crippen molar-refractivity contribution in [1.29, 1.82) is 0 Å². The van der Waals surface area contributed by atoms with Gasteiger partial charge in [-0.25, -0.2) is 14.8 Å². The van der Waals surface area contributed by atoms with E-state index in [0.717, 1.165) is 6.54 Å². The largest absolute Gasteiger partial charge is 0.465 e. The SMILES string of the molecule is CCn1ccc(Oc2ccc(Nc3ncc4cc(C(=O)OC)c(=O)n(C)c4n3)cn2)n1. The zero-order valence-electron chi connectivity index (χ0n) is 17.1. The molecule has 4 rings (SSSR count). The van der Waals surface area contributed by atoms with E-state index in [1.807, 2.05) is 13.1 Å². The van der Waals surface area contributed by atoms with Crippen LogP contribution in [-0.2, 0) is 18.3 Å². The molecule has 11 nitrogen and oxygen atoms in total. The second-order valence-electron chi connectivity index (χ2n) is 6.51. The van der Waals surface area contributed by atoms with Gasteiger partial charge in [0.1, 0.15) is 11.2 Å². The molecule has 4 aromatic rings. The number of rotatable bonds is 6. The number of aromatic nitrogens is 6. The molecule has 158 valence electrons. The van der Waals surface area contributed by atoms with Gasteiger partial charge in [-0.1, -0.05) is 0 Å². The van der Waals surface area contributed by atoms with Crippen molar-refractivity contribution < 1.29 is 14.3 Å². The van der Waals surface area contributed by atoms with Crippen LogP contribution >= 0.6 is 0 Å². The van der Waals surface area contributed by atoms with E-state index in [0.29, 0.717) is 28.5 Å². The highest BCUT2D eigenvalue weighted by Crippen LogP contribution is 2.20. The Bertz CT molecular complexity index is 1310. The van der Waals surface area contributed by atoms with Crippen LogP contribution < -0.4 is 15.6 Å². The van der Waals surface area contributed by atoms with Crippen LogP contribution in [0.15, 0.2) is 47.7 Å². The summed E-state index contributed by atoms with van der Waals surface area (Å²) in [7, 11) is 2.75. The van der Waals surface area contributed by atoms with Gasteiger partial charge in [-0.2, -0.15) is 4.98 Å². The molecule has 0 aliphatic heterocycles. The first-order chi connectivity index (χ1) is 15.0. The molecule has 0 aliphatic carbocycles. The third kappa shape index (κ3) is 4.06. The van der Waals surface area contributed by atoms with Crippen LogP contribution in [0.25, 0.3) is 11.0 Å². The van der Waals surface area contributed by atoms with E-state index in [4.69, 9.17) is 4.74 Å². The van der Waals surface area contributed by atoms with Crippen molar-refractivity contribution in [3.05, 3.63) is 58.8 Å². The standard InChI is InChI=1S/C20H19N7O4/c1-4-27-8-7-16(25-27)31-15-6-5-13(11-21-15)23-20-22-10-12-9-14(19(29)30-3)18(28)26(2)17(12)24-20/h5-11H,4H2,1-3H3,(H,22,23,24). The average Bonchev–Trinajstić information content (AvgIpc) is 3.25. The Morgan fingerprint density at radius 1 is 1.16 bits per heavy atom. The number of carbonyl (C=O) groups is 1. The van der Waals surface area contributed by atoms with Crippen molar-refractivity contribution in [3.8, 4) is 11.8 Å². The number of pyridine rings is 2. The lowest BCUT2D eigenvalue weighted by molar-refractivity contribution is 0.0598. The molecular weight excluding hydrogens is 402 g/mol. The predicted octanol–water partition coefficient (Wildman–Crippen LogP) is 2.26. The van der Waals surface area contributed by atoms with E-state index in [9.17, 15) is 9.59 Å². The lowest BCUT2D eigenvalue weighted by Crippen LogP contribution is -2.25. The molecule has 0 unspecified atom stereocenters. The smallest absolute Gasteiger partial charge is 0.343 e. The fourth-order valence-electron chi connectivity index (χ4n) is 2.89. The molecule has 0 saturated heterocycles. The predicted molar refractivity (Wildman–Crippen MR) is 112 cm³/mol. The van der Waals surface area contributed by atoms with Crippen LogP contribution in [0, 0.1) is 0 Å². The lowest BCUT2D eigenvalue weighted by Gasteiger charge is -2.09. The molecule has 11 heteroatoms. The number of nitrogens with one attached hydrogen (secondary N) is 1. The molecule has 0 aromatic carbocycles. The molecule has 0 amide bonds. The maximum absolute atomic E-state index is 12.4. The van der Waals surface area contributed by atoms with Crippen LogP contribution in [0.1, 0.15) is 17.3 Å². The van der Waals surface area contributed by atoms with Crippen molar-refractivity contribution in [1.82, 2.24) is 29.3 Å². The van der Waals surface area contributed by atoms with Crippen molar-refractivity contribution in [2.75, 3.05) is 12.4 Å². The third-order valence-corrected chi connectivity index (χ3v) is 4.50. The van der Waals surface area contributed by atoms with E-state index < -0.39 is 11.5 Å². The number of ether oxygens (including phenoxy) is 2. The zero-order chi connectivity index (χ0) is 22.0. The normalized spacial score (nSPS) is 10.8. The maximum Gasteiger partial charge on any atom is 0.343 e. The summed E-state index contributed by atoms with van der Waals surface area (Å²) in [5, 5.41) is 7.80. The lowest BCUT2D eigenvalue weighted by atomic mass is 10.2. The second-order valence-corrected chi connectivity index (χ2v) is 6.51. The van der Waals surface area contributed by atoms with Gasteiger partial charge < -0.3 is 14.8 Å². The Hall–Kier alpha value is -4.28. The van der Waals surface area contributed by atoms with E-state index in [1.165, 1.54) is 31.0 Å². The van der Waals surface area contributed by atoms with Gasteiger partial charge in [0, 0.05) is 43.5 Å².